The molecule has 0 rings (SSSR count). The second-order valence-electron chi connectivity index (χ2n) is 11.1. The third kappa shape index (κ3) is 35.0. The lowest BCUT2D eigenvalue weighted by Crippen LogP contribution is -2.28. The minimum Gasteiger partial charge on any atom is -0.457 e. The van der Waals surface area contributed by atoms with E-state index in [0.717, 1.165) is 57.8 Å². The van der Waals surface area contributed by atoms with E-state index in [1.165, 1.54) is 0 Å². The van der Waals surface area contributed by atoms with Crippen molar-refractivity contribution in [3.8, 4) is 0 Å². The summed E-state index contributed by atoms with van der Waals surface area (Å²) in [5.41, 5.74) is 0. The van der Waals surface area contributed by atoms with Crippen molar-refractivity contribution in [3.05, 3.63) is 109 Å². The third-order valence-corrected chi connectivity index (χ3v) is 7.44. The van der Waals surface area contributed by atoms with E-state index in [0.29, 0.717) is 19.4 Å². The van der Waals surface area contributed by atoms with Gasteiger partial charge in [-0.15, -0.1) is 0 Å². The van der Waals surface area contributed by atoms with Gasteiger partial charge in [-0.3, -0.25) is 13.8 Å². The Hall–Kier alpha value is -2.88. The normalized spacial score (nSPS) is 15.5. The summed E-state index contributed by atoms with van der Waals surface area (Å²) in [4.78, 5) is 22.4. The number of hydrogen-bond donors (Lipinski definition) is 3. The van der Waals surface area contributed by atoms with Gasteiger partial charge in [0.15, 0.2) is 0 Å². The van der Waals surface area contributed by atoms with Gasteiger partial charge in [-0.05, 0) is 70.6 Å². The van der Waals surface area contributed by atoms with E-state index in [1.54, 1.807) is 0 Å². The van der Waals surface area contributed by atoms with Crippen molar-refractivity contribution in [2.45, 2.75) is 103 Å². The fourth-order valence-corrected chi connectivity index (χ4v) is 4.63. The van der Waals surface area contributed by atoms with E-state index in [2.05, 4.69) is 103 Å². The van der Waals surface area contributed by atoms with E-state index in [1.807, 2.05) is 24.3 Å². The smallest absolute Gasteiger partial charge is 0.457 e. The Morgan fingerprint density at radius 3 is 1.44 bits per heavy atom. The summed E-state index contributed by atoms with van der Waals surface area (Å²) in [5, 5.41) is 18.3. The fraction of sp³-hybridized carbons (Fsp3) is 0.525. The van der Waals surface area contributed by atoms with Crippen LogP contribution in [0.5, 0.6) is 0 Å². The number of allylic oxidation sites excluding steroid dienone is 17. The summed E-state index contributed by atoms with van der Waals surface area (Å²) in [6.45, 7) is 2.89. The van der Waals surface area contributed by atoms with Gasteiger partial charge in [0.25, 0.3) is 0 Å². The molecule has 10 heteroatoms. The predicted octanol–water partition coefficient (Wildman–Crippen LogP) is 9.13. The third-order valence-electron chi connectivity index (χ3n) is 6.49. The van der Waals surface area contributed by atoms with E-state index in [4.69, 9.17) is 19.1 Å². The van der Waals surface area contributed by atoms with Crippen LogP contribution in [-0.4, -0.2) is 66.3 Å². The summed E-state index contributed by atoms with van der Waals surface area (Å²) in [6, 6.07) is 0. The van der Waals surface area contributed by atoms with Gasteiger partial charge in [-0.1, -0.05) is 123 Å². The molecule has 0 fully saturated rings. The van der Waals surface area contributed by atoms with Crippen LogP contribution in [0.2, 0.25) is 0 Å². The Kier molecular flexibility index (Phi) is 33.9. The first-order valence-corrected chi connectivity index (χ1v) is 19.4. The second-order valence-corrected chi connectivity index (χ2v) is 12.6. The van der Waals surface area contributed by atoms with Gasteiger partial charge >= 0.3 is 13.8 Å². The van der Waals surface area contributed by atoms with Crippen LogP contribution in [0.4, 0.5) is 0 Å². The highest BCUT2D eigenvalue weighted by Gasteiger charge is 2.26. The Morgan fingerprint density at radius 2 is 1.00 bits per heavy atom. The Balaban J connectivity index is 4.54. The second kappa shape index (κ2) is 35.9. The van der Waals surface area contributed by atoms with E-state index < -0.39 is 45.8 Å². The summed E-state index contributed by atoms with van der Waals surface area (Å²) in [6.07, 6.45) is 45.2. The number of aliphatic hydroxyl groups excluding tert-OH is 2. The van der Waals surface area contributed by atoms with Gasteiger partial charge in [0.1, 0.15) is 12.2 Å². The number of phosphoric acid groups is 1. The van der Waals surface area contributed by atoms with Gasteiger partial charge in [0.05, 0.1) is 33.0 Å². The number of aliphatic hydroxyl groups is 2. The number of phosphoric ester groups is 1. The van der Waals surface area contributed by atoms with Gasteiger partial charge in [0.2, 0.25) is 0 Å². The molecule has 0 heterocycles. The van der Waals surface area contributed by atoms with Gasteiger partial charge in [0, 0.05) is 6.42 Å². The standard InChI is InChI=1S/C40H63O9P/c1-3-5-7-9-11-13-15-17-18-19-21-23-25-27-29-31-33-46-36-39(37-48-50(44,45)47-35-38(42)34-41)49-40(43)32-30-28-26-24-22-20-16-14-12-10-8-6-4-2/h5-8,11-14,17-18,20-23,26-29,38-39,41-42H,3-4,9-10,15-16,19,24-25,30-37H2,1-2H3,(H,44,45)/b7-5-,8-6-,13-11-,14-12-,18-17-,22-20-,23-21-,28-26-,29-27-. The zero-order valence-electron chi connectivity index (χ0n) is 30.3. The molecule has 0 aliphatic carbocycles. The summed E-state index contributed by atoms with van der Waals surface area (Å²) in [5.74, 6) is -0.494. The quantitative estimate of drug-likeness (QED) is 0.0270. The number of carbonyl (C=O) groups excluding carboxylic acids is 1. The van der Waals surface area contributed by atoms with Crippen LogP contribution in [0.3, 0.4) is 0 Å². The van der Waals surface area contributed by atoms with Crippen molar-refractivity contribution in [3.63, 3.8) is 0 Å². The van der Waals surface area contributed by atoms with E-state index in [9.17, 15) is 19.4 Å². The van der Waals surface area contributed by atoms with Crippen molar-refractivity contribution >= 4 is 13.8 Å². The lowest BCUT2D eigenvalue weighted by Gasteiger charge is -2.20. The van der Waals surface area contributed by atoms with Crippen molar-refractivity contribution in [1.82, 2.24) is 0 Å². The maximum Gasteiger partial charge on any atom is 0.472 e. The van der Waals surface area contributed by atoms with Gasteiger partial charge in [-0.2, -0.15) is 0 Å². The average Bonchev–Trinajstić information content (AvgIpc) is 3.10. The molecule has 0 saturated heterocycles. The summed E-state index contributed by atoms with van der Waals surface area (Å²) in [7, 11) is -4.56. The molecule has 0 radical (unpaired) electrons. The average molecular weight is 719 g/mol. The van der Waals surface area contributed by atoms with Crippen molar-refractivity contribution in [2.75, 3.05) is 33.0 Å². The topological polar surface area (TPSA) is 132 Å². The number of hydrogen-bond acceptors (Lipinski definition) is 8. The van der Waals surface area contributed by atoms with Crippen LogP contribution in [-0.2, 0) is 27.9 Å². The van der Waals surface area contributed by atoms with Crippen molar-refractivity contribution in [1.29, 1.82) is 0 Å². The molecule has 0 amide bonds. The largest absolute Gasteiger partial charge is 0.472 e. The number of rotatable bonds is 32. The van der Waals surface area contributed by atoms with Crippen LogP contribution >= 0.6 is 7.82 Å². The molecule has 282 valence electrons. The molecule has 3 unspecified atom stereocenters. The maximum atomic E-state index is 12.5. The van der Waals surface area contributed by atoms with E-state index >= 15 is 0 Å². The summed E-state index contributed by atoms with van der Waals surface area (Å²) < 4.78 is 33.0. The van der Waals surface area contributed by atoms with Gasteiger partial charge in [-0.25, -0.2) is 4.57 Å². The highest BCUT2D eigenvalue weighted by Crippen LogP contribution is 2.43. The first-order valence-electron chi connectivity index (χ1n) is 17.9. The van der Waals surface area contributed by atoms with Gasteiger partial charge < -0.3 is 24.6 Å². The molecule has 9 nitrogen and oxygen atoms in total. The molecule has 0 spiro atoms. The fourth-order valence-electron chi connectivity index (χ4n) is 3.84. The molecule has 0 saturated carbocycles. The number of esters is 1. The molecular formula is C40H63O9P. The first-order chi connectivity index (χ1) is 24.3. The highest BCUT2D eigenvalue weighted by atomic mass is 31.2. The van der Waals surface area contributed by atoms with Crippen LogP contribution in [0, 0.1) is 0 Å². The van der Waals surface area contributed by atoms with Crippen LogP contribution in [0.1, 0.15) is 90.9 Å². The van der Waals surface area contributed by atoms with Crippen LogP contribution in [0.15, 0.2) is 109 Å². The molecule has 3 N–H and O–H groups in total. The minimum atomic E-state index is -4.56. The molecule has 0 aromatic heterocycles. The Bertz CT molecular complexity index is 1130. The number of carbonyl (C=O) groups is 1. The lowest BCUT2D eigenvalue weighted by atomic mass is 10.2. The van der Waals surface area contributed by atoms with Crippen molar-refractivity contribution < 1.29 is 43.0 Å². The SMILES string of the molecule is CC/C=C\C/C=C\C/C=C\C/C=C\C/C=C\CCOCC(COP(=O)(O)OCC(O)CO)OC(=O)CC/C=C\C/C=C\C/C=C\C/C=C\CC. The maximum absolute atomic E-state index is 12.5. The van der Waals surface area contributed by atoms with Crippen LogP contribution < -0.4 is 0 Å². The molecule has 0 aromatic rings. The molecular weight excluding hydrogens is 655 g/mol. The van der Waals surface area contributed by atoms with Crippen molar-refractivity contribution in [2.24, 2.45) is 0 Å². The molecule has 0 aliphatic rings. The lowest BCUT2D eigenvalue weighted by molar-refractivity contribution is -0.154. The molecule has 3 atom stereocenters. The molecule has 0 aliphatic heterocycles. The first kappa shape index (κ1) is 47.1. The molecule has 0 bridgehead atoms. The molecule has 50 heavy (non-hydrogen) atoms. The van der Waals surface area contributed by atoms with Crippen LogP contribution in [0.25, 0.3) is 0 Å². The minimum absolute atomic E-state index is 0.0420. The zero-order valence-corrected chi connectivity index (χ0v) is 31.2. The Labute approximate surface area is 301 Å². The zero-order chi connectivity index (χ0) is 36.8. The highest BCUT2D eigenvalue weighted by molar-refractivity contribution is 7.47. The molecule has 0 aromatic carbocycles. The number of ether oxygens (including phenoxy) is 2. The summed E-state index contributed by atoms with van der Waals surface area (Å²) >= 11 is 0. The predicted molar refractivity (Wildman–Crippen MR) is 205 cm³/mol. The van der Waals surface area contributed by atoms with E-state index in [-0.39, 0.29) is 13.0 Å². The Morgan fingerprint density at radius 1 is 0.600 bits per heavy atom. The monoisotopic (exact) mass is 718 g/mol.